The molecule has 0 aliphatic heterocycles. The monoisotopic (exact) mass is 561 g/mol. The highest BCUT2D eigenvalue weighted by Gasteiger charge is 2.28. The van der Waals surface area contributed by atoms with Crippen LogP contribution < -0.4 is 14.5 Å². The molecule has 7 nitrogen and oxygen atoms in total. The number of ether oxygens (including phenoxy) is 1. The van der Waals surface area contributed by atoms with Crippen molar-refractivity contribution in [3.63, 3.8) is 0 Å². The maximum Gasteiger partial charge on any atom is 0.264 e. The summed E-state index contributed by atoms with van der Waals surface area (Å²) in [6, 6.07) is 29.8. The van der Waals surface area contributed by atoms with Crippen LogP contribution in [0.4, 0.5) is 5.69 Å². The van der Waals surface area contributed by atoms with Gasteiger partial charge in [0.2, 0.25) is 0 Å². The van der Waals surface area contributed by atoms with E-state index in [1.54, 1.807) is 54.6 Å². The highest BCUT2D eigenvalue weighted by atomic mass is 35.5. The summed E-state index contributed by atoms with van der Waals surface area (Å²) >= 11 is 6.01. The number of halogens is 1. The summed E-state index contributed by atoms with van der Waals surface area (Å²) in [6.45, 7) is 1.89. The zero-order chi connectivity index (χ0) is 27.7. The van der Waals surface area contributed by atoms with Crippen molar-refractivity contribution in [3.05, 3.63) is 125 Å². The van der Waals surface area contributed by atoms with Gasteiger partial charge in [0.15, 0.2) is 0 Å². The zero-order valence-electron chi connectivity index (χ0n) is 21.3. The Morgan fingerprint density at radius 2 is 1.67 bits per heavy atom. The number of nitrogens with one attached hydrogen (secondary N) is 1. The predicted molar refractivity (Wildman–Crippen MR) is 155 cm³/mol. The third-order valence-corrected chi connectivity index (χ3v) is 7.85. The summed E-state index contributed by atoms with van der Waals surface area (Å²) in [6.07, 6.45) is 2.09. The average Bonchev–Trinajstić information content (AvgIpc) is 2.96. The summed E-state index contributed by atoms with van der Waals surface area (Å²) in [4.78, 5) is 12.9. The van der Waals surface area contributed by atoms with E-state index in [4.69, 9.17) is 16.3 Å². The smallest absolute Gasteiger partial charge is 0.264 e. The van der Waals surface area contributed by atoms with Crippen LogP contribution in [0.2, 0.25) is 5.02 Å². The van der Waals surface area contributed by atoms with Gasteiger partial charge in [0.05, 0.1) is 16.8 Å². The van der Waals surface area contributed by atoms with Crippen molar-refractivity contribution in [2.45, 2.75) is 24.8 Å². The average molecular weight is 562 g/mol. The maximum absolute atomic E-state index is 13.5. The Morgan fingerprint density at radius 1 is 0.949 bits per heavy atom. The van der Waals surface area contributed by atoms with Crippen molar-refractivity contribution >= 4 is 39.4 Å². The van der Waals surface area contributed by atoms with Crippen molar-refractivity contribution < 1.29 is 17.9 Å². The number of para-hydroxylation sites is 1. The van der Waals surface area contributed by atoms with Crippen LogP contribution in [-0.2, 0) is 27.8 Å². The van der Waals surface area contributed by atoms with Crippen LogP contribution in [0.3, 0.4) is 0 Å². The van der Waals surface area contributed by atoms with Crippen molar-refractivity contribution in [2.24, 2.45) is 5.10 Å². The molecule has 200 valence electrons. The Hall–Kier alpha value is -4.14. The molecule has 0 radical (unpaired) electrons. The largest absolute Gasteiger partial charge is 0.489 e. The van der Waals surface area contributed by atoms with Crippen LogP contribution in [-0.4, -0.2) is 27.1 Å². The summed E-state index contributed by atoms with van der Waals surface area (Å²) < 4.78 is 33.9. The minimum Gasteiger partial charge on any atom is -0.489 e. The van der Waals surface area contributed by atoms with Gasteiger partial charge in [0.1, 0.15) is 18.9 Å². The first-order chi connectivity index (χ1) is 18.9. The number of hydrazone groups is 1. The Morgan fingerprint density at radius 3 is 2.38 bits per heavy atom. The van der Waals surface area contributed by atoms with Crippen LogP contribution in [0, 0.1) is 0 Å². The molecule has 0 fully saturated rings. The lowest BCUT2D eigenvalue weighted by Gasteiger charge is -2.25. The van der Waals surface area contributed by atoms with Gasteiger partial charge in [-0.3, -0.25) is 9.10 Å². The number of carbonyl (C=O) groups excluding carboxylic acids is 1. The fraction of sp³-hybridized carbons (Fsp3) is 0.133. The molecular formula is C30H28ClN3O4S. The van der Waals surface area contributed by atoms with E-state index in [0.717, 1.165) is 21.0 Å². The number of rotatable bonds is 11. The van der Waals surface area contributed by atoms with Gasteiger partial charge in [0.25, 0.3) is 15.9 Å². The topological polar surface area (TPSA) is 88.1 Å². The van der Waals surface area contributed by atoms with E-state index in [1.165, 1.54) is 18.3 Å². The van der Waals surface area contributed by atoms with Gasteiger partial charge in [-0.05, 0) is 77.7 Å². The Bertz CT molecular complexity index is 1540. The normalized spacial score (nSPS) is 11.3. The molecule has 1 N–H and O–H groups in total. The first kappa shape index (κ1) is 27.9. The van der Waals surface area contributed by atoms with Crippen LogP contribution in [0.25, 0.3) is 0 Å². The molecule has 0 aliphatic carbocycles. The number of aryl methyl sites for hydroxylation is 1. The SMILES string of the molecule is CCc1ccccc1N(CC(=O)N/N=C\c1ccc(OCc2cccc(Cl)c2)cc1)S(=O)(=O)c1ccccc1. The van der Waals surface area contributed by atoms with E-state index >= 15 is 0 Å². The van der Waals surface area contributed by atoms with Crippen molar-refractivity contribution in [3.8, 4) is 5.75 Å². The quantitative estimate of drug-likeness (QED) is 0.184. The van der Waals surface area contributed by atoms with Gasteiger partial charge >= 0.3 is 0 Å². The second kappa shape index (κ2) is 13.1. The highest BCUT2D eigenvalue weighted by molar-refractivity contribution is 7.92. The van der Waals surface area contributed by atoms with Gasteiger partial charge < -0.3 is 4.74 Å². The second-order valence-electron chi connectivity index (χ2n) is 8.59. The summed E-state index contributed by atoms with van der Waals surface area (Å²) in [7, 11) is -3.99. The second-order valence-corrected chi connectivity index (χ2v) is 10.9. The van der Waals surface area contributed by atoms with Crippen LogP contribution in [0.15, 0.2) is 113 Å². The Labute approximate surface area is 233 Å². The van der Waals surface area contributed by atoms with Crippen molar-refractivity contribution in [1.82, 2.24) is 5.43 Å². The van der Waals surface area contributed by atoms with Gasteiger partial charge in [-0.2, -0.15) is 5.10 Å². The molecule has 9 heteroatoms. The third-order valence-electron chi connectivity index (χ3n) is 5.84. The molecular weight excluding hydrogens is 534 g/mol. The van der Waals surface area contributed by atoms with E-state index < -0.39 is 22.5 Å². The molecule has 39 heavy (non-hydrogen) atoms. The number of sulfonamides is 1. The Balaban J connectivity index is 1.42. The standard InChI is InChI=1S/C30H28ClN3O4S/c1-2-25-10-6-7-14-29(25)34(39(36,37)28-12-4-3-5-13-28)21-30(35)33-32-20-23-15-17-27(18-16-23)38-22-24-9-8-11-26(31)19-24/h3-20H,2,21-22H2,1H3,(H,33,35)/b32-20-. The molecule has 0 aromatic heterocycles. The fourth-order valence-corrected chi connectivity index (χ4v) is 5.55. The first-order valence-corrected chi connectivity index (χ1v) is 14.1. The van der Waals surface area contributed by atoms with Gasteiger partial charge in [-0.1, -0.05) is 67.1 Å². The number of hydrogen-bond acceptors (Lipinski definition) is 5. The lowest BCUT2D eigenvalue weighted by Crippen LogP contribution is -2.40. The molecule has 0 aliphatic rings. The summed E-state index contributed by atoms with van der Waals surface area (Å²) in [5, 5.41) is 4.67. The molecule has 1 amide bonds. The van der Waals surface area contributed by atoms with E-state index in [-0.39, 0.29) is 4.90 Å². The molecule has 4 aromatic rings. The van der Waals surface area contributed by atoms with Gasteiger partial charge in [-0.15, -0.1) is 0 Å². The van der Waals surface area contributed by atoms with Crippen molar-refractivity contribution in [2.75, 3.05) is 10.8 Å². The highest BCUT2D eigenvalue weighted by Crippen LogP contribution is 2.27. The van der Waals surface area contributed by atoms with E-state index in [2.05, 4.69) is 10.5 Å². The maximum atomic E-state index is 13.5. The minimum absolute atomic E-state index is 0.102. The lowest BCUT2D eigenvalue weighted by molar-refractivity contribution is -0.119. The fourth-order valence-electron chi connectivity index (χ4n) is 3.86. The molecule has 0 heterocycles. The molecule has 0 bridgehead atoms. The molecule has 4 aromatic carbocycles. The molecule has 4 rings (SSSR count). The zero-order valence-corrected chi connectivity index (χ0v) is 22.9. The van der Waals surface area contributed by atoms with Crippen LogP contribution in [0.5, 0.6) is 5.75 Å². The van der Waals surface area contributed by atoms with Crippen molar-refractivity contribution in [1.29, 1.82) is 0 Å². The van der Waals surface area contributed by atoms with E-state index in [0.29, 0.717) is 29.5 Å². The van der Waals surface area contributed by atoms with E-state index in [9.17, 15) is 13.2 Å². The number of benzene rings is 4. The number of carbonyl (C=O) groups is 1. The number of amides is 1. The number of nitrogens with zero attached hydrogens (tertiary/aromatic N) is 2. The number of hydrogen-bond donors (Lipinski definition) is 1. The third kappa shape index (κ3) is 7.46. The first-order valence-electron chi connectivity index (χ1n) is 12.3. The van der Waals surface area contributed by atoms with Crippen LogP contribution >= 0.6 is 11.6 Å². The molecule has 0 saturated carbocycles. The molecule has 0 atom stereocenters. The van der Waals surface area contributed by atoms with Crippen LogP contribution in [0.1, 0.15) is 23.6 Å². The number of anilines is 1. The summed E-state index contributed by atoms with van der Waals surface area (Å²) in [5.74, 6) is 0.102. The minimum atomic E-state index is -3.99. The van der Waals surface area contributed by atoms with Gasteiger partial charge in [0, 0.05) is 5.02 Å². The van der Waals surface area contributed by atoms with E-state index in [1.807, 2.05) is 43.3 Å². The summed E-state index contributed by atoms with van der Waals surface area (Å²) in [5.41, 5.74) is 5.40. The molecule has 0 saturated heterocycles. The molecule has 0 unspecified atom stereocenters. The lowest BCUT2D eigenvalue weighted by atomic mass is 10.1. The van der Waals surface area contributed by atoms with Gasteiger partial charge in [-0.25, -0.2) is 13.8 Å². The predicted octanol–water partition coefficient (Wildman–Crippen LogP) is 5.83. The molecule has 0 spiro atoms. The Kier molecular flexibility index (Phi) is 9.35.